The van der Waals surface area contributed by atoms with Crippen LogP contribution in [0.15, 0.2) is 29.3 Å². The van der Waals surface area contributed by atoms with E-state index in [0.717, 1.165) is 57.8 Å². The summed E-state index contributed by atoms with van der Waals surface area (Å²) in [7, 11) is 0. The first kappa shape index (κ1) is 20.1. The molecule has 0 spiro atoms. The first-order valence-corrected chi connectivity index (χ1v) is 9.61. The molecule has 0 atom stereocenters. The van der Waals surface area contributed by atoms with Crippen LogP contribution in [0.3, 0.4) is 0 Å². The number of aryl methyl sites for hydroxylation is 1. The average molecular weight is 361 g/mol. The molecule has 1 saturated heterocycles. The van der Waals surface area contributed by atoms with Gasteiger partial charge in [0.15, 0.2) is 5.96 Å². The highest BCUT2D eigenvalue weighted by Gasteiger charge is 2.27. The van der Waals surface area contributed by atoms with Crippen molar-refractivity contribution in [3.05, 3.63) is 29.8 Å². The Labute approximate surface area is 156 Å². The highest BCUT2D eigenvalue weighted by molar-refractivity contribution is 5.80. The van der Waals surface area contributed by atoms with Crippen molar-refractivity contribution in [1.82, 2.24) is 10.2 Å². The van der Waals surface area contributed by atoms with Gasteiger partial charge >= 0.3 is 5.97 Å². The number of rotatable bonds is 7. The topological polar surface area (TPSA) is 74.2 Å². The third-order valence-corrected chi connectivity index (χ3v) is 4.57. The van der Waals surface area contributed by atoms with Crippen molar-refractivity contribution in [1.29, 1.82) is 0 Å². The summed E-state index contributed by atoms with van der Waals surface area (Å²) in [6.45, 7) is 7.60. The summed E-state index contributed by atoms with van der Waals surface area (Å²) in [6, 6.07) is 7.33. The summed E-state index contributed by atoms with van der Waals surface area (Å²) in [4.78, 5) is 18.8. The molecule has 0 amide bonds. The Kier molecular flexibility index (Phi) is 8.25. The fraction of sp³-hybridized carbons (Fsp3) is 0.600. The van der Waals surface area contributed by atoms with Crippen LogP contribution in [0, 0.1) is 5.92 Å². The van der Waals surface area contributed by atoms with Gasteiger partial charge in [0.1, 0.15) is 5.75 Å². The van der Waals surface area contributed by atoms with Gasteiger partial charge in [-0.15, -0.1) is 0 Å². The zero-order chi connectivity index (χ0) is 18.8. The number of phenolic OH excluding ortho intramolecular Hbond substituents is 1. The van der Waals surface area contributed by atoms with Crippen molar-refractivity contribution in [2.75, 3.05) is 32.8 Å². The zero-order valence-electron chi connectivity index (χ0n) is 15.9. The summed E-state index contributed by atoms with van der Waals surface area (Å²) in [6.07, 6.45) is 3.53. The minimum absolute atomic E-state index is 0.0172. The van der Waals surface area contributed by atoms with Gasteiger partial charge in [-0.2, -0.15) is 0 Å². The standard InChI is InChI=1S/C20H31N3O3/c1-3-21-20(22-13-5-6-16-7-9-18(24)10-8-16)23-14-11-17(12-15-23)19(25)26-4-2/h7-10,17,24H,3-6,11-15H2,1-2H3,(H,21,22). The maximum atomic E-state index is 11.9. The summed E-state index contributed by atoms with van der Waals surface area (Å²) in [5.74, 6) is 1.18. The van der Waals surface area contributed by atoms with E-state index in [2.05, 4.69) is 17.1 Å². The molecule has 1 heterocycles. The van der Waals surface area contributed by atoms with E-state index in [4.69, 9.17) is 9.73 Å². The summed E-state index contributed by atoms with van der Waals surface area (Å²) < 4.78 is 5.13. The van der Waals surface area contributed by atoms with Crippen LogP contribution in [-0.4, -0.2) is 54.7 Å². The van der Waals surface area contributed by atoms with E-state index in [-0.39, 0.29) is 11.9 Å². The SMILES string of the molecule is CCNC(=NCCCc1ccc(O)cc1)N1CCC(C(=O)OCC)CC1. The number of guanidine groups is 1. The average Bonchev–Trinajstić information content (AvgIpc) is 2.66. The van der Waals surface area contributed by atoms with Gasteiger partial charge in [-0.1, -0.05) is 12.1 Å². The molecule has 1 aromatic carbocycles. The van der Waals surface area contributed by atoms with Crippen molar-refractivity contribution < 1.29 is 14.6 Å². The number of phenols is 1. The number of benzene rings is 1. The number of hydrogen-bond donors (Lipinski definition) is 2. The first-order chi connectivity index (χ1) is 12.6. The molecule has 2 rings (SSSR count). The number of nitrogens with one attached hydrogen (secondary N) is 1. The lowest BCUT2D eigenvalue weighted by molar-refractivity contribution is -0.149. The molecule has 6 nitrogen and oxygen atoms in total. The largest absolute Gasteiger partial charge is 0.508 e. The number of carbonyl (C=O) groups is 1. The van der Waals surface area contributed by atoms with Crippen LogP contribution in [0.4, 0.5) is 0 Å². The zero-order valence-corrected chi connectivity index (χ0v) is 15.9. The minimum Gasteiger partial charge on any atom is -0.508 e. The Balaban J connectivity index is 1.81. The predicted molar refractivity (Wildman–Crippen MR) is 103 cm³/mol. The molecule has 0 radical (unpaired) electrons. The smallest absolute Gasteiger partial charge is 0.309 e. The Hall–Kier alpha value is -2.24. The first-order valence-electron chi connectivity index (χ1n) is 9.61. The highest BCUT2D eigenvalue weighted by atomic mass is 16.5. The summed E-state index contributed by atoms with van der Waals surface area (Å²) in [5.41, 5.74) is 1.21. The number of piperidine rings is 1. The van der Waals surface area contributed by atoms with Crippen LogP contribution in [-0.2, 0) is 16.0 Å². The van der Waals surface area contributed by atoms with Crippen LogP contribution < -0.4 is 5.32 Å². The minimum atomic E-state index is -0.0667. The van der Waals surface area contributed by atoms with Crippen LogP contribution in [0.2, 0.25) is 0 Å². The molecule has 0 unspecified atom stereocenters. The van der Waals surface area contributed by atoms with Gasteiger partial charge in [-0.25, -0.2) is 0 Å². The second-order valence-electron chi connectivity index (χ2n) is 6.52. The summed E-state index contributed by atoms with van der Waals surface area (Å²) in [5, 5.41) is 12.7. The fourth-order valence-corrected chi connectivity index (χ4v) is 3.14. The molecular weight excluding hydrogens is 330 g/mol. The van der Waals surface area contributed by atoms with Crippen molar-refractivity contribution >= 4 is 11.9 Å². The van der Waals surface area contributed by atoms with Crippen LogP contribution >= 0.6 is 0 Å². The number of nitrogens with zero attached hydrogens (tertiary/aromatic N) is 2. The molecule has 26 heavy (non-hydrogen) atoms. The second kappa shape index (κ2) is 10.7. The molecule has 0 aromatic heterocycles. The molecule has 144 valence electrons. The van der Waals surface area contributed by atoms with Gasteiger partial charge in [0, 0.05) is 26.2 Å². The third-order valence-electron chi connectivity index (χ3n) is 4.57. The van der Waals surface area contributed by atoms with E-state index >= 15 is 0 Å². The van der Waals surface area contributed by atoms with Gasteiger partial charge in [0.05, 0.1) is 12.5 Å². The Morgan fingerprint density at radius 2 is 1.96 bits per heavy atom. The number of ether oxygens (including phenoxy) is 1. The highest BCUT2D eigenvalue weighted by Crippen LogP contribution is 2.19. The third kappa shape index (κ3) is 6.24. The Bertz CT molecular complexity index is 578. The maximum Gasteiger partial charge on any atom is 0.309 e. The second-order valence-corrected chi connectivity index (χ2v) is 6.52. The number of esters is 1. The van der Waals surface area contributed by atoms with Crippen molar-refractivity contribution in [2.24, 2.45) is 10.9 Å². The number of aliphatic imine (C=N–C) groups is 1. The Morgan fingerprint density at radius 1 is 1.27 bits per heavy atom. The molecule has 1 aromatic rings. The van der Waals surface area contributed by atoms with Gasteiger partial charge in [0.25, 0.3) is 0 Å². The molecule has 1 fully saturated rings. The van der Waals surface area contributed by atoms with E-state index in [0.29, 0.717) is 12.4 Å². The fourth-order valence-electron chi connectivity index (χ4n) is 3.14. The molecule has 6 heteroatoms. The lowest BCUT2D eigenvalue weighted by Gasteiger charge is -2.33. The maximum absolute atomic E-state index is 11.9. The normalized spacial score (nSPS) is 15.8. The van der Waals surface area contributed by atoms with Crippen molar-refractivity contribution in [3.8, 4) is 5.75 Å². The van der Waals surface area contributed by atoms with Crippen LogP contribution in [0.5, 0.6) is 5.75 Å². The van der Waals surface area contributed by atoms with Crippen molar-refractivity contribution in [3.63, 3.8) is 0 Å². The molecule has 0 bridgehead atoms. The van der Waals surface area contributed by atoms with Gasteiger partial charge < -0.3 is 20.1 Å². The lowest BCUT2D eigenvalue weighted by atomic mass is 9.97. The molecule has 2 N–H and O–H groups in total. The summed E-state index contributed by atoms with van der Waals surface area (Å²) >= 11 is 0. The molecule has 1 aliphatic rings. The van der Waals surface area contributed by atoms with Gasteiger partial charge in [-0.3, -0.25) is 9.79 Å². The quantitative estimate of drug-likeness (QED) is 0.338. The van der Waals surface area contributed by atoms with E-state index in [1.807, 2.05) is 19.1 Å². The number of carbonyl (C=O) groups excluding carboxylic acids is 1. The van der Waals surface area contributed by atoms with E-state index in [1.165, 1.54) is 5.56 Å². The molecule has 0 saturated carbocycles. The van der Waals surface area contributed by atoms with Crippen LogP contribution in [0.1, 0.15) is 38.7 Å². The number of aromatic hydroxyl groups is 1. The van der Waals surface area contributed by atoms with Gasteiger partial charge in [-0.05, 0) is 57.2 Å². The number of likely N-dealkylation sites (tertiary alicyclic amines) is 1. The van der Waals surface area contributed by atoms with Crippen molar-refractivity contribution in [2.45, 2.75) is 39.5 Å². The molecular formula is C20H31N3O3. The predicted octanol–water partition coefficient (Wildman–Crippen LogP) is 2.57. The molecule has 0 aliphatic carbocycles. The van der Waals surface area contributed by atoms with E-state index < -0.39 is 0 Å². The lowest BCUT2D eigenvalue weighted by Crippen LogP contribution is -2.46. The monoisotopic (exact) mass is 361 g/mol. The molecule has 1 aliphatic heterocycles. The number of hydrogen-bond acceptors (Lipinski definition) is 4. The van der Waals surface area contributed by atoms with Crippen LogP contribution in [0.25, 0.3) is 0 Å². The van der Waals surface area contributed by atoms with E-state index in [1.54, 1.807) is 12.1 Å². The van der Waals surface area contributed by atoms with E-state index in [9.17, 15) is 9.90 Å². The Morgan fingerprint density at radius 3 is 2.58 bits per heavy atom. The van der Waals surface area contributed by atoms with Gasteiger partial charge in [0.2, 0.25) is 0 Å².